The molecule has 0 aliphatic heterocycles. The molecule has 2 aliphatic carbocycles. The average molecular weight is 866 g/mol. The molecule has 2 aromatic heterocycles. The Hall–Kier alpha value is -8.21. The molecule has 7 aromatic carbocycles. The van der Waals surface area contributed by atoms with Gasteiger partial charge in [-0.2, -0.15) is 0 Å². The summed E-state index contributed by atoms with van der Waals surface area (Å²) in [7, 11) is 0. The molecular formula is C63H51N3O. The first kappa shape index (κ1) is 41.5. The van der Waals surface area contributed by atoms with Crippen LogP contribution in [0.4, 0.5) is 5.69 Å². The summed E-state index contributed by atoms with van der Waals surface area (Å²) in [5, 5.41) is 1.12. The summed E-state index contributed by atoms with van der Waals surface area (Å²) in [6, 6.07) is 58.9. The maximum Gasteiger partial charge on any atom is 0.227 e. The van der Waals surface area contributed by atoms with Crippen molar-refractivity contribution in [1.82, 2.24) is 9.55 Å². The van der Waals surface area contributed by atoms with E-state index in [1.807, 2.05) is 37.3 Å². The van der Waals surface area contributed by atoms with Gasteiger partial charge in [-0.3, -0.25) is 0 Å². The smallest absolute Gasteiger partial charge is 0.227 e. The van der Waals surface area contributed by atoms with Crippen LogP contribution in [0.5, 0.6) is 0 Å². The van der Waals surface area contributed by atoms with E-state index in [0.717, 1.165) is 63.9 Å². The molecule has 0 atom stereocenters. The molecule has 0 N–H and O–H groups in total. The van der Waals surface area contributed by atoms with Gasteiger partial charge in [-0.15, -0.1) is 0 Å². The monoisotopic (exact) mass is 865 g/mol. The molecule has 0 bridgehead atoms. The second-order valence-corrected chi connectivity index (χ2v) is 17.4. The molecule has 0 spiro atoms. The third-order valence-corrected chi connectivity index (χ3v) is 13.3. The van der Waals surface area contributed by atoms with Crippen LogP contribution >= 0.6 is 0 Å². The highest BCUT2D eigenvalue weighted by molar-refractivity contribution is 6.01. The summed E-state index contributed by atoms with van der Waals surface area (Å²) in [5.41, 5.74) is 22.1. The van der Waals surface area contributed by atoms with Crippen LogP contribution in [0.2, 0.25) is 0 Å². The molecule has 0 radical (unpaired) electrons. The molecule has 67 heavy (non-hydrogen) atoms. The third-order valence-electron chi connectivity index (χ3n) is 13.3. The first-order valence-corrected chi connectivity index (χ1v) is 23.3. The zero-order chi connectivity index (χ0) is 45.3. The lowest BCUT2D eigenvalue weighted by Gasteiger charge is -2.24. The predicted octanol–water partition coefficient (Wildman–Crippen LogP) is 16.5. The van der Waals surface area contributed by atoms with Crippen LogP contribution in [0.1, 0.15) is 42.7 Å². The maximum atomic E-state index is 6.49. The Kier molecular flexibility index (Phi) is 11.1. The zero-order valence-corrected chi connectivity index (χ0v) is 38.2. The van der Waals surface area contributed by atoms with Gasteiger partial charge in [-0.25, -0.2) is 4.98 Å². The Morgan fingerprint density at radius 1 is 0.672 bits per heavy atom. The topological polar surface area (TPSA) is 34.2 Å². The molecule has 4 nitrogen and oxygen atoms in total. The van der Waals surface area contributed by atoms with Crippen molar-refractivity contribution < 1.29 is 4.42 Å². The molecule has 0 unspecified atom stereocenters. The quantitative estimate of drug-likeness (QED) is 0.128. The van der Waals surface area contributed by atoms with Crippen molar-refractivity contribution in [2.24, 2.45) is 0 Å². The normalized spacial score (nSPS) is 13.6. The highest BCUT2D eigenvalue weighted by Gasteiger charge is 2.22. The van der Waals surface area contributed by atoms with E-state index in [1.165, 1.54) is 67.0 Å². The van der Waals surface area contributed by atoms with Crippen LogP contribution in [0.15, 0.2) is 234 Å². The molecule has 0 fully saturated rings. The van der Waals surface area contributed by atoms with Crippen LogP contribution in [-0.4, -0.2) is 16.1 Å². The average Bonchev–Trinajstić information content (AvgIpc) is 3.73. The summed E-state index contributed by atoms with van der Waals surface area (Å²) in [5.74, 6) is 0.620. The Labute approximate surface area is 393 Å². The van der Waals surface area contributed by atoms with E-state index in [4.69, 9.17) is 9.40 Å². The summed E-state index contributed by atoms with van der Waals surface area (Å²) in [6.45, 7) is 7.27. The summed E-state index contributed by atoms with van der Waals surface area (Å²) < 4.78 is 8.88. The minimum Gasteiger partial charge on any atom is -0.436 e. The number of oxazole rings is 1. The lowest BCUT2D eigenvalue weighted by Crippen LogP contribution is -2.21. The molecule has 0 amide bonds. The van der Waals surface area contributed by atoms with Gasteiger partial charge in [0, 0.05) is 45.8 Å². The minimum absolute atomic E-state index is 0.620. The van der Waals surface area contributed by atoms with Crippen LogP contribution in [0.3, 0.4) is 0 Å². The predicted molar refractivity (Wildman–Crippen MR) is 281 cm³/mol. The second-order valence-electron chi connectivity index (χ2n) is 17.4. The summed E-state index contributed by atoms with van der Waals surface area (Å²) >= 11 is 0. The molecule has 0 saturated heterocycles. The van der Waals surface area contributed by atoms with E-state index < -0.39 is 0 Å². The Bertz CT molecular complexity index is 3500. The lowest BCUT2D eigenvalue weighted by atomic mass is 9.91. The van der Waals surface area contributed by atoms with Gasteiger partial charge in [0.2, 0.25) is 5.89 Å². The number of hydrogen-bond donors (Lipinski definition) is 0. The summed E-state index contributed by atoms with van der Waals surface area (Å²) in [6.07, 6.45) is 21.7. The van der Waals surface area contributed by atoms with E-state index >= 15 is 0 Å². The third kappa shape index (κ3) is 8.02. The van der Waals surface area contributed by atoms with E-state index in [2.05, 4.69) is 211 Å². The van der Waals surface area contributed by atoms with Crippen LogP contribution in [0.25, 0.3) is 78.6 Å². The van der Waals surface area contributed by atoms with Gasteiger partial charge in [-0.1, -0.05) is 152 Å². The van der Waals surface area contributed by atoms with Gasteiger partial charge in [0.15, 0.2) is 5.58 Å². The fourth-order valence-corrected chi connectivity index (χ4v) is 9.88. The van der Waals surface area contributed by atoms with Gasteiger partial charge >= 0.3 is 0 Å². The molecule has 2 aliphatic rings. The van der Waals surface area contributed by atoms with Crippen LogP contribution in [0, 0.1) is 6.92 Å². The summed E-state index contributed by atoms with van der Waals surface area (Å²) in [4.78, 5) is 7.39. The Morgan fingerprint density at radius 2 is 1.37 bits per heavy atom. The number of anilines is 1. The van der Waals surface area contributed by atoms with E-state index in [-0.39, 0.29) is 0 Å². The number of benzene rings is 7. The largest absolute Gasteiger partial charge is 0.436 e. The van der Waals surface area contributed by atoms with Crippen molar-refractivity contribution >= 4 is 33.8 Å². The van der Waals surface area contributed by atoms with Crippen molar-refractivity contribution in [3.8, 4) is 50.5 Å². The van der Waals surface area contributed by atoms with E-state index in [0.29, 0.717) is 5.89 Å². The molecule has 4 heteroatoms. The van der Waals surface area contributed by atoms with Crippen molar-refractivity contribution in [2.75, 3.05) is 11.4 Å². The fourth-order valence-electron chi connectivity index (χ4n) is 9.88. The number of aromatic nitrogens is 2. The van der Waals surface area contributed by atoms with Gasteiger partial charge < -0.3 is 13.9 Å². The zero-order valence-electron chi connectivity index (χ0n) is 38.2. The Morgan fingerprint density at radius 3 is 2.13 bits per heavy atom. The molecule has 11 rings (SSSR count). The molecule has 324 valence electrons. The van der Waals surface area contributed by atoms with Crippen molar-refractivity contribution in [1.29, 1.82) is 0 Å². The first-order chi connectivity index (χ1) is 33.0. The number of allylic oxidation sites excluding steroid dienone is 9. The fraction of sp³-hybridized carbons (Fsp3) is 0.0952. The maximum absolute atomic E-state index is 6.49. The molecule has 2 heterocycles. The SMILES string of the molecule is C/C=C\C=C/CN(C1=CCC=C(/C(C)=C/c2c(C)n(-c3ccc(-c4ccc5c(c4)-c4ccccc4Cc4ccccc4-5)cc3)c3cc4nc(-c5ccccc5)oc4cc23)C=C1)c1ccccc1. The van der Waals surface area contributed by atoms with Gasteiger partial charge in [0.05, 0.1) is 5.52 Å². The van der Waals surface area contributed by atoms with Crippen molar-refractivity contribution in [2.45, 2.75) is 33.6 Å². The number of rotatable bonds is 10. The molecular weight excluding hydrogens is 815 g/mol. The second kappa shape index (κ2) is 18.0. The van der Waals surface area contributed by atoms with Crippen LogP contribution < -0.4 is 4.90 Å². The first-order valence-electron chi connectivity index (χ1n) is 23.3. The number of fused-ring (bicyclic) bond motifs is 7. The van der Waals surface area contributed by atoms with Crippen LogP contribution in [-0.2, 0) is 6.42 Å². The van der Waals surface area contributed by atoms with Gasteiger partial charge in [0.1, 0.15) is 5.52 Å². The standard InChI is InChI=1S/C63H51N3O/c1-4-5-6-17-37-65(51-24-11-8-12-25-51)52-26-18-23-45(29-33-52)43(2)38-57-44(3)66(61-42-60-62(41-59(57)61)67-63(64-60)47-19-9-7-10-20-47)53-34-30-46(31-35-53)48-32-36-56-54-27-15-13-21-49(54)39-50-22-14-16-28-55(50)58(56)40-48/h4-17,19-36,38,40-42H,18,37,39H2,1-3H3/b5-4-,17-6-,43-38+. The molecule has 0 saturated carbocycles. The minimum atomic E-state index is 0.620. The number of para-hydroxylation sites is 1. The van der Waals surface area contributed by atoms with Crippen molar-refractivity contribution in [3.05, 3.63) is 252 Å². The van der Waals surface area contributed by atoms with Gasteiger partial charge in [-0.05, 0) is 156 Å². The number of hydrogen-bond acceptors (Lipinski definition) is 3. The van der Waals surface area contributed by atoms with E-state index in [1.54, 1.807) is 0 Å². The van der Waals surface area contributed by atoms with Gasteiger partial charge in [0.25, 0.3) is 0 Å². The lowest BCUT2D eigenvalue weighted by molar-refractivity contribution is 0.620. The Balaban J connectivity index is 0.976. The molecule has 9 aromatic rings. The highest BCUT2D eigenvalue weighted by atomic mass is 16.3. The number of nitrogens with zero attached hydrogens (tertiary/aromatic N) is 3. The highest BCUT2D eigenvalue weighted by Crippen LogP contribution is 2.43. The van der Waals surface area contributed by atoms with Crippen molar-refractivity contribution in [3.63, 3.8) is 0 Å². The van der Waals surface area contributed by atoms with E-state index in [9.17, 15) is 0 Å².